The molecule has 0 aromatic heterocycles. The van der Waals surface area contributed by atoms with Crippen molar-refractivity contribution in [1.29, 1.82) is 0 Å². The van der Waals surface area contributed by atoms with Crippen LogP contribution >= 0.6 is 0 Å². The molecule has 0 N–H and O–H groups in total. The molecule has 11 heavy (non-hydrogen) atoms. The van der Waals surface area contributed by atoms with Crippen molar-refractivity contribution in [2.75, 3.05) is 0 Å². The summed E-state index contributed by atoms with van der Waals surface area (Å²) >= 11 is 0. The van der Waals surface area contributed by atoms with Gasteiger partial charge < -0.3 is 0 Å². The molecule has 4 atom stereocenters. The van der Waals surface area contributed by atoms with Crippen molar-refractivity contribution in [2.24, 2.45) is 23.7 Å². The normalized spacial score (nSPS) is 46.4. The SMILES string of the molecule is CCCCCC1C(C)C2CC12. The lowest BCUT2D eigenvalue weighted by Gasteiger charge is -2.33. The Balaban J connectivity index is 1.64. The third-order valence-electron chi connectivity index (χ3n) is 3.93. The highest BCUT2D eigenvalue weighted by molar-refractivity contribution is 5.06. The fraction of sp³-hybridized carbons (Fsp3) is 1.00. The second-order valence-corrected chi connectivity index (χ2v) is 4.58. The van der Waals surface area contributed by atoms with Crippen molar-refractivity contribution in [2.45, 2.75) is 46.0 Å². The summed E-state index contributed by atoms with van der Waals surface area (Å²) in [6.07, 6.45) is 7.46. The van der Waals surface area contributed by atoms with Crippen LogP contribution < -0.4 is 0 Å². The lowest BCUT2D eigenvalue weighted by atomic mass is 9.72. The predicted octanol–water partition coefficient (Wildman–Crippen LogP) is 3.47. The van der Waals surface area contributed by atoms with E-state index in [1.165, 1.54) is 37.5 Å². The Morgan fingerprint density at radius 3 is 2.55 bits per heavy atom. The number of unbranched alkanes of at least 4 members (excludes halogenated alkanes) is 2. The molecule has 0 saturated heterocycles. The molecule has 0 aromatic carbocycles. The Bertz CT molecular complexity index is 139. The van der Waals surface area contributed by atoms with Gasteiger partial charge in [0.1, 0.15) is 0 Å². The summed E-state index contributed by atoms with van der Waals surface area (Å²) < 4.78 is 0. The highest BCUT2D eigenvalue weighted by Gasteiger charge is 2.58. The van der Waals surface area contributed by atoms with Crippen LogP contribution in [0.4, 0.5) is 0 Å². The molecule has 0 heterocycles. The highest BCUT2D eigenvalue weighted by atomic mass is 14.6. The molecule has 0 spiro atoms. The molecule has 0 aromatic rings. The van der Waals surface area contributed by atoms with Crippen molar-refractivity contribution in [3.05, 3.63) is 0 Å². The van der Waals surface area contributed by atoms with Crippen LogP contribution in [0.3, 0.4) is 0 Å². The summed E-state index contributed by atoms with van der Waals surface area (Å²) in [5.41, 5.74) is 0. The largest absolute Gasteiger partial charge is 0.0654 e. The first-order valence-corrected chi connectivity index (χ1v) is 5.34. The summed E-state index contributed by atoms with van der Waals surface area (Å²) in [6, 6.07) is 0. The molecule has 0 heteroatoms. The molecule has 0 radical (unpaired) electrons. The number of hydrogen-bond donors (Lipinski definition) is 0. The Labute approximate surface area is 70.4 Å². The predicted molar refractivity (Wildman–Crippen MR) is 48.4 cm³/mol. The van der Waals surface area contributed by atoms with E-state index in [1.54, 1.807) is 6.42 Å². The Morgan fingerprint density at radius 1 is 1.18 bits per heavy atom. The number of hydrogen-bond acceptors (Lipinski definition) is 0. The maximum atomic E-state index is 2.46. The van der Waals surface area contributed by atoms with Gasteiger partial charge in [-0.25, -0.2) is 0 Å². The number of rotatable bonds is 4. The maximum Gasteiger partial charge on any atom is -0.0349 e. The highest BCUT2D eigenvalue weighted by Crippen LogP contribution is 2.64. The molecule has 64 valence electrons. The van der Waals surface area contributed by atoms with Gasteiger partial charge in [0.05, 0.1) is 0 Å². The van der Waals surface area contributed by atoms with E-state index in [0.29, 0.717) is 0 Å². The molecule has 0 nitrogen and oxygen atoms in total. The van der Waals surface area contributed by atoms with E-state index >= 15 is 0 Å². The van der Waals surface area contributed by atoms with Gasteiger partial charge in [-0.1, -0.05) is 33.1 Å². The average molecular weight is 152 g/mol. The molecule has 2 aliphatic rings. The smallest absolute Gasteiger partial charge is 0.0349 e. The van der Waals surface area contributed by atoms with Gasteiger partial charge in [0.2, 0.25) is 0 Å². The van der Waals surface area contributed by atoms with Crippen molar-refractivity contribution in [1.82, 2.24) is 0 Å². The minimum atomic E-state index is 1.09. The zero-order valence-corrected chi connectivity index (χ0v) is 7.84. The monoisotopic (exact) mass is 152 g/mol. The van der Waals surface area contributed by atoms with E-state index in [9.17, 15) is 0 Å². The third kappa shape index (κ3) is 1.21. The first-order chi connectivity index (χ1) is 5.34. The van der Waals surface area contributed by atoms with Crippen LogP contribution in [0, 0.1) is 23.7 Å². The first-order valence-electron chi connectivity index (χ1n) is 5.34. The van der Waals surface area contributed by atoms with Gasteiger partial charge >= 0.3 is 0 Å². The molecule has 0 bridgehead atoms. The molecule has 0 aliphatic heterocycles. The van der Waals surface area contributed by atoms with Crippen LogP contribution in [0.2, 0.25) is 0 Å². The van der Waals surface area contributed by atoms with Crippen LogP contribution in [0.25, 0.3) is 0 Å². The Morgan fingerprint density at radius 2 is 2.00 bits per heavy atom. The van der Waals surface area contributed by atoms with E-state index in [1.807, 2.05) is 0 Å². The number of fused-ring (bicyclic) bond motifs is 1. The van der Waals surface area contributed by atoms with E-state index in [4.69, 9.17) is 0 Å². The zero-order valence-electron chi connectivity index (χ0n) is 7.84. The van der Waals surface area contributed by atoms with Gasteiger partial charge in [-0.2, -0.15) is 0 Å². The topological polar surface area (TPSA) is 0 Å². The zero-order chi connectivity index (χ0) is 7.84. The first kappa shape index (κ1) is 7.64. The van der Waals surface area contributed by atoms with Gasteiger partial charge in [-0.3, -0.25) is 0 Å². The quantitative estimate of drug-likeness (QED) is 0.541. The minimum absolute atomic E-state index is 1.09. The average Bonchev–Trinajstić information content (AvgIpc) is 2.73. The Kier molecular flexibility index (Phi) is 1.95. The molecular formula is C11H20. The maximum absolute atomic E-state index is 2.46. The molecule has 2 aliphatic carbocycles. The van der Waals surface area contributed by atoms with Gasteiger partial charge in [0.25, 0.3) is 0 Å². The summed E-state index contributed by atoms with van der Waals surface area (Å²) in [6.45, 7) is 4.76. The summed E-state index contributed by atoms with van der Waals surface area (Å²) in [5, 5.41) is 0. The molecule has 2 saturated carbocycles. The second-order valence-electron chi connectivity index (χ2n) is 4.58. The van der Waals surface area contributed by atoms with Crippen molar-refractivity contribution in [3.63, 3.8) is 0 Å². The minimum Gasteiger partial charge on any atom is -0.0654 e. The molecule has 2 rings (SSSR count). The van der Waals surface area contributed by atoms with Gasteiger partial charge in [-0.05, 0) is 36.5 Å². The van der Waals surface area contributed by atoms with E-state index in [0.717, 1.165) is 11.8 Å². The second kappa shape index (κ2) is 2.80. The molecule has 0 amide bonds. The summed E-state index contributed by atoms with van der Waals surface area (Å²) in [5.74, 6) is 4.62. The summed E-state index contributed by atoms with van der Waals surface area (Å²) in [7, 11) is 0. The van der Waals surface area contributed by atoms with Crippen molar-refractivity contribution >= 4 is 0 Å². The van der Waals surface area contributed by atoms with Gasteiger partial charge in [-0.15, -0.1) is 0 Å². The summed E-state index contributed by atoms with van der Waals surface area (Å²) in [4.78, 5) is 0. The lowest BCUT2D eigenvalue weighted by Crippen LogP contribution is -2.26. The standard InChI is InChI=1S/C11H20/c1-3-4-5-6-9-8(2)10-7-11(9)10/h8-11H,3-7H2,1-2H3. The Hall–Kier alpha value is 0. The van der Waals surface area contributed by atoms with Crippen molar-refractivity contribution < 1.29 is 0 Å². The van der Waals surface area contributed by atoms with Crippen LogP contribution in [0.1, 0.15) is 46.0 Å². The molecular weight excluding hydrogens is 132 g/mol. The molecule has 4 unspecified atom stereocenters. The van der Waals surface area contributed by atoms with E-state index < -0.39 is 0 Å². The van der Waals surface area contributed by atoms with Crippen LogP contribution in [-0.4, -0.2) is 0 Å². The van der Waals surface area contributed by atoms with E-state index in [2.05, 4.69) is 13.8 Å². The van der Waals surface area contributed by atoms with E-state index in [-0.39, 0.29) is 0 Å². The lowest BCUT2D eigenvalue weighted by molar-refractivity contribution is 0.157. The fourth-order valence-electron chi connectivity index (χ4n) is 3.00. The van der Waals surface area contributed by atoms with Crippen LogP contribution in [0.5, 0.6) is 0 Å². The van der Waals surface area contributed by atoms with Gasteiger partial charge in [0.15, 0.2) is 0 Å². The fourth-order valence-corrected chi connectivity index (χ4v) is 3.00. The van der Waals surface area contributed by atoms with Crippen LogP contribution in [0.15, 0.2) is 0 Å². The third-order valence-corrected chi connectivity index (χ3v) is 3.93. The van der Waals surface area contributed by atoms with Gasteiger partial charge in [0, 0.05) is 0 Å². The molecule has 2 fully saturated rings. The van der Waals surface area contributed by atoms with Crippen LogP contribution in [-0.2, 0) is 0 Å². The van der Waals surface area contributed by atoms with Crippen molar-refractivity contribution in [3.8, 4) is 0 Å².